The van der Waals surface area contributed by atoms with E-state index in [1.54, 1.807) is 12.3 Å². The first-order valence-corrected chi connectivity index (χ1v) is 9.63. The van der Waals surface area contributed by atoms with Crippen LogP contribution in [0.15, 0.2) is 16.8 Å². The molecular formula is C15H24O4Si. The van der Waals surface area contributed by atoms with Crippen LogP contribution in [-0.4, -0.2) is 26.3 Å². The molecular weight excluding hydrogens is 272 g/mol. The fraction of sp³-hybridized carbons (Fsp3) is 0.533. The highest BCUT2D eigenvalue weighted by molar-refractivity contribution is 6.91. The molecule has 0 saturated carbocycles. The summed E-state index contributed by atoms with van der Waals surface area (Å²) in [5, 5.41) is 10.6. The second-order valence-corrected chi connectivity index (χ2v) is 11.6. The topological polar surface area (TPSA) is 59.7 Å². The average Bonchev–Trinajstić information content (AvgIpc) is 2.77. The number of esters is 1. The van der Waals surface area contributed by atoms with E-state index in [4.69, 9.17) is 4.42 Å². The van der Waals surface area contributed by atoms with Gasteiger partial charge in [0.2, 0.25) is 0 Å². The van der Waals surface area contributed by atoms with Gasteiger partial charge < -0.3 is 14.3 Å². The molecule has 1 heterocycles. The molecule has 0 radical (unpaired) electrons. The van der Waals surface area contributed by atoms with Gasteiger partial charge in [0.25, 0.3) is 0 Å². The predicted molar refractivity (Wildman–Crippen MR) is 82.5 cm³/mol. The van der Waals surface area contributed by atoms with Crippen molar-refractivity contribution in [2.24, 2.45) is 0 Å². The number of furan rings is 1. The first-order valence-electron chi connectivity index (χ1n) is 6.63. The highest BCUT2D eigenvalue weighted by Crippen LogP contribution is 2.36. The monoisotopic (exact) mass is 296 g/mol. The lowest BCUT2D eigenvalue weighted by atomic mass is 10.2. The lowest BCUT2D eigenvalue weighted by molar-refractivity contribution is -0.134. The molecule has 0 unspecified atom stereocenters. The smallest absolute Gasteiger partial charge is 0.330 e. The lowest BCUT2D eigenvalue weighted by Crippen LogP contribution is -2.50. The van der Waals surface area contributed by atoms with Gasteiger partial charge in [0.1, 0.15) is 8.07 Å². The maximum atomic E-state index is 11.2. The van der Waals surface area contributed by atoms with Gasteiger partial charge in [-0.25, -0.2) is 4.79 Å². The van der Waals surface area contributed by atoms with Gasteiger partial charge in [-0.3, -0.25) is 0 Å². The lowest BCUT2D eigenvalue weighted by Gasteiger charge is -2.35. The molecule has 0 bridgehead atoms. The van der Waals surface area contributed by atoms with Crippen LogP contribution in [-0.2, 0) is 16.1 Å². The van der Waals surface area contributed by atoms with E-state index in [1.165, 1.54) is 13.2 Å². The highest BCUT2D eigenvalue weighted by Gasteiger charge is 2.41. The minimum Gasteiger partial charge on any atom is -0.473 e. The average molecular weight is 296 g/mol. The molecule has 0 aliphatic carbocycles. The zero-order valence-corrected chi connectivity index (χ0v) is 14.1. The summed E-state index contributed by atoms with van der Waals surface area (Å²) in [5.41, 5.74) is 1.51. The van der Waals surface area contributed by atoms with Gasteiger partial charge in [-0.05, 0) is 11.1 Å². The Hall–Kier alpha value is -1.33. The number of rotatable bonds is 4. The van der Waals surface area contributed by atoms with Crippen molar-refractivity contribution in [3.8, 4) is 0 Å². The predicted octanol–water partition coefficient (Wildman–Crippen LogP) is 2.67. The van der Waals surface area contributed by atoms with Crippen molar-refractivity contribution in [1.29, 1.82) is 0 Å². The Morgan fingerprint density at radius 2 is 2.05 bits per heavy atom. The molecule has 0 saturated heterocycles. The number of hydrogen-bond acceptors (Lipinski definition) is 4. The third-order valence-electron chi connectivity index (χ3n) is 4.13. The zero-order chi connectivity index (χ0) is 15.6. The van der Waals surface area contributed by atoms with Crippen molar-refractivity contribution in [3.63, 3.8) is 0 Å². The van der Waals surface area contributed by atoms with Gasteiger partial charge in [-0.1, -0.05) is 33.9 Å². The van der Waals surface area contributed by atoms with Crippen molar-refractivity contribution in [2.75, 3.05) is 7.11 Å². The summed E-state index contributed by atoms with van der Waals surface area (Å²) in [6.07, 6.45) is 4.55. The Morgan fingerprint density at radius 3 is 2.50 bits per heavy atom. The molecule has 0 atom stereocenters. The molecule has 4 nitrogen and oxygen atoms in total. The number of ether oxygens (including phenoxy) is 1. The Bertz CT molecular complexity index is 506. The van der Waals surface area contributed by atoms with Crippen molar-refractivity contribution < 1.29 is 19.1 Å². The van der Waals surface area contributed by atoms with Crippen LogP contribution in [0.1, 0.15) is 31.9 Å². The van der Waals surface area contributed by atoms with E-state index in [-0.39, 0.29) is 11.6 Å². The number of carbonyl (C=O) groups is 1. The Kier molecular flexibility index (Phi) is 4.99. The molecule has 0 aliphatic rings. The van der Waals surface area contributed by atoms with Gasteiger partial charge >= 0.3 is 5.97 Å². The van der Waals surface area contributed by atoms with Gasteiger partial charge in [0.15, 0.2) is 0 Å². The van der Waals surface area contributed by atoms with Crippen molar-refractivity contribution in [2.45, 2.75) is 45.5 Å². The molecule has 5 heteroatoms. The summed E-state index contributed by atoms with van der Waals surface area (Å²) in [6, 6.07) is 0. The standard InChI is InChI=1S/C15H24O4Si/c1-15(2,3)20(5,6)14-12(9-16)11(10-19-14)7-8-13(17)18-4/h7-8,10,16H,9H2,1-6H3/b8-7+. The van der Waals surface area contributed by atoms with Crippen LogP contribution in [0.25, 0.3) is 6.08 Å². The summed E-state index contributed by atoms with van der Waals surface area (Å²) < 4.78 is 10.3. The molecule has 0 aromatic carbocycles. The van der Waals surface area contributed by atoms with E-state index in [0.29, 0.717) is 0 Å². The summed E-state index contributed by atoms with van der Waals surface area (Å²) in [4.78, 5) is 11.2. The van der Waals surface area contributed by atoms with E-state index in [2.05, 4.69) is 38.6 Å². The molecule has 1 rings (SSSR count). The van der Waals surface area contributed by atoms with Crippen LogP contribution in [0.5, 0.6) is 0 Å². The van der Waals surface area contributed by atoms with E-state index in [1.807, 2.05) is 0 Å². The van der Waals surface area contributed by atoms with Crippen LogP contribution >= 0.6 is 0 Å². The zero-order valence-electron chi connectivity index (χ0n) is 13.1. The highest BCUT2D eigenvalue weighted by atomic mass is 28.3. The van der Waals surface area contributed by atoms with Crippen LogP contribution in [0, 0.1) is 0 Å². The SMILES string of the molecule is COC(=O)/C=C/c1coc([Si](C)(C)C(C)(C)C)c1CO. The van der Waals surface area contributed by atoms with Gasteiger partial charge in [0, 0.05) is 17.2 Å². The Labute approximate surface area is 121 Å². The maximum Gasteiger partial charge on any atom is 0.330 e. The van der Waals surface area contributed by atoms with Gasteiger partial charge in [-0.2, -0.15) is 0 Å². The normalized spacial score (nSPS) is 12.9. The summed E-state index contributed by atoms with van der Waals surface area (Å²) in [6.45, 7) is 10.9. The second kappa shape index (κ2) is 5.97. The van der Waals surface area contributed by atoms with E-state index in [0.717, 1.165) is 16.5 Å². The van der Waals surface area contributed by atoms with Crippen LogP contribution < -0.4 is 5.38 Å². The fourth-order valence-electron chi connectivity index (χ4n) is 1.79. The second-order valence-electron chi connectivity index (χ2n) is 6.39. The quantitative estimate of drug-likeness (QED) is 0.527. The first kappa shape index (κ1) is 16.7. The van der Waals surface area contributed by atoms with E-state index in [9.17, 15) is 9.90 Å². The molecule has 0 spiro atoms. The third kappa shape index (κ3) is 3.22. The number of methoxy groups -OCH3 is 1. The largest absolute Gasteiger partial charge is 0.473 e. The summed E-state index contributed by atoms with van der Waals surface area (Å²) >= 11 is 0. The van der Waals surface area contributed by atoms with E-state index >= 15 is 0 Å². The van der Waals surface area contributed by atoms with Gasteiger partial charge in [0.05, 0.1) is 25.4 Å². The van der Waals surface area contributed by atoms with Crippen LogP contribution in [0.3, 0.4) is 0 Å². The molecule has 20 heavy (non-hydrogen) atoms. The first-order chi connectivity index (χ1) is 9.15. The fourth-order valence-corrected chi connectivity index (χ4v) is 3.80. The molecule has 112 valence electrons. The van der Waals surface area contributed by atoms with Gasteiger partial charge in [-0.15, -0.1) is 0 Å². The van der Waals surface area contributed by atoms with E-state index < -0.39 is 14.0 Å². The molecule has 0 amide bonds. The summed E-state index contributed by atoms with van der Waals surface area (Å²) in [7, 11) is -0.538. The molecule has 1 N–H and O–H groups in total. The number of aliphatic hydroxyl groups excluding tert-OH is 1. The van der Waals surface area contributed by atoms with Crippen molar-refractivity contribution in [3.05, 3.63) is 23.5 Å². The minimum absolute atomic E-state index is 0.0980. The Morgan fingerprint density at radius 1 is 1.45 bits per heavy atom. The molecule has 0 fully saturated rings. The molecule has 1 aromatic rings. The third-order valence-corrected chi connectivity index (χ3v) is 9.43. The van der Waals surface area contributed by atoms with Crippen molar-refractivity contribution >= 4 is 25.5 Å². The number of aliphatic hydroxyl groups is 1. The minimum atomic E-state index is -1.87. The van der Waals surface area contributed by atoms with Crippen molar-refractivity contribution in [1.82, 2.24) is 0 Å². The molecule has 0 aliphatic heterocycles. The van der Waals surface area contributed by atoms with Crippen LogP contribution in [0.4, 0.5) is 0 Å². The van der Waals surface area contributed by atoms with Crippen LogP contribution in [0.2, 0.25) is 18.1 Å². The number of carbonyl (C=O) groups excluding carboxylic acids is 1. The maximum absolute atomic E-state index is 11.2. The number of hydrogen-bond donors (Lipinski definition) is 1. The molecule has 1 aromatic heterocycles. The summed E-state index contributed by atoms with van der Waals surface area (Å²) in [5.74, 6) is -0.427. The Balaban J connectivity index is 3.23.